The fourth-order valence-corrected chi connectivity index (χ4v) is 1.79. The van der Waals surface area contributed by atoms with E-state index in [0.29, 0.717) is 12.1 Å². The SMILES string of the molecule is C=CCC[C@H](C)NC[C@H]1CN(C)CCO1. The lowest BCUT2D eigenvalue weighted by atomic mass is 10.1. The van der Waals surface area contributed by atoms with Gasteiger partial charge in [-0.3, -0.25) is 0 Å². The van der Waals surface area contributed by atoms with Crippen molar-refractivity contribution in [3.8, 4) is 0 Å². The Hall–Kier alpha value is -0.380. The van der Waals surface area contributed by atoms with Crippen molar-refractivity contribution in [3.05, 3.63) is 12.7 Å². The Morgan fingerprint density at radius 2 is 2.47 bits per heavy atom. The van der Waals surface area contributed by atoms with Crippen molar-refractivity contribution in [2.75, 3.05) is 33.3 Å². The van der Waals surface area contributed by atoms with Gasteiger partial charge in [0.2, 0.25) is 0 Å². The monoisotopic (exact) mass is 212 g/mol. The normalized spacial score (nSPS) is 25.1. The predicted octanol–water partition coefficient (Wildman–Crippen LogP) is 1.26. The summed E-state index contributed by atoms with van der Waals surface area (Å²) in [7, 11) is 2.15. The third-order valence-corrected chi connectivity index (χ3v) is 2.84. The summed E-state index contributed by atoms with van der Waals surface area (Å²) in [6.07, 6.45) is 4.57. The summed E-state index contributed by atoms with van der Waals surface area (Å²) in [5, 5.41) is 3.51. The maximum atomic E-state index is 5.68. The fraction of sp³-hybridized carbons (Fsp3) is 0.833. The van der Waals surface area contributed by atoms with Gasteiger partial charge >= 0.3 is 0 Å². The second-order valence-electron chi connectivity index (χ2n) is 4.43. The zero-order chi connectivity index (χ0) is 11.1. The van der Waals surface area contributed by atoms with Crippen LogP contribution in [0.3, 0.4) is 0 Å². The number of morpholine rings is 1. The van der Waals surface area contributed by atoms with Crippen LogP contribution in [-0.4, -0.2) is 50.3 Å². The first-order chi connectivity index (χ1) is 7.22. The van der Waals surface area contributed by atoms with Crippen molar-refractivity contribution >= 4 is 0 Å². The summed E-state index contributed by atoms with van der Waals surface area (Å²) in [4.78, 5) is 2.32. The Labute approximate surface area is 93.5 Å². The van der Waals surface area contributed by atoms with Gasteiger partial charge in [-0.15, -0.1) is 6.58 Å². The highest BCUT2D eigenvalue weighted by molar-refractivity contribution is 4.75. The Bertz CT molecular complexity index is 184. The topological polar surface area (TPSA) is 24.5 Å². The first kappa shape index (κ1) is 12.7. The largest absolute Gasteiger partial charge is 0.374 e. The summed E-state index contributed by atoms with van der Waals surface area (Å²) in [5.41, 5.74) is 0. The predicted molar refractivity (Wildman–Crippen MR) is 64.1 cm³/mol. The molecule has 1 fully saturated rings. The molecule has 0 amide bonds. The van der Waals surface area contributed by atoms with Crippen LogP contribution in [0, 0.1) is 0 Å². The van der Waals surface area contributed by atoms with Gasteiger partial charge in [0.15, 0.2) is 0 Å². The molecule has 1 heterocycles. The highest BCUT2D eigenvalue weighted by Gasteiger charge is 2.17. The first-order valence-corrected chi connectivity index (χ1v) is 5.86. The Morgan fingerprint density at radius 3 is 3.13 bits per heavy atom. The summed E-state index contributed by atoms with van der Waals surface area (Å²) in [6.45, 7) is 9.88. The minimum atomic E-state index is 0.356. The zero-order valence-corrected chi connectivity index (χ0v) is 10.0. The molecule has 15 heavy (non-hydrogen) atoms. The molecule has 3 heteroatoms. The van der Waals surface area contributed by atoms with Gasteiger partial charge in [0, 0.05) is 25.7 Å². The molecule has 0 unspecified atom stereocenters. The standard InChI is InChI=1S/C12H24N2O/c1-4-5-6-11(2)13-9-12-10-14(3)7-8-15-12/h4,11-13H,1,5-10H2,2-3H3/t11-,12-/m0/s1. The van der Waals surface area contributed by atoms with E-state index in [-0.39, 0.29) is 0 Å². The van der Waals surface area contributed by atoms with Gasteiger partial charge in [-0.2, -0.15) is 0 Å². The highest BCUT2D eigenvalue weighted by atomic mass is 16.5. The summed E-state index contributed by atoms with van der Waals surface area (Å²) in [6, 6.07) is 0.554. The van der Waals surface area contributed by atoms with Crippen LogP contribution in [0.5, 0.6) is 0 Å². The van der Waals surface area contributed by atoms with Gasteiger partial charge in [0.25, 0.3) is 0 Å². The number of ether oxygens (including phenoxy) is 1. The van der Waals surface area contributed by atoms with Crippen LogP contribution in [0.2, 0.25) is 0 Å². The molecule has 0 saturated carbocycles. The zero-order valence-electron chi connectivity index (χ0n) is 10.0. The second-order valence-corrected chi connectivity index (χ2v) is 4.43. The highest BCUT2D eigenvalue weighted by Crippen LogP contribution is 2.03. The number of nitrogens with zero attached hydrogens (tertiary/aromatic N) is 1. The van der Waals surface area contributed by atoms with Crippen molar-refractivity contribution in [1.29, 1.82) is 0 Å². The van der Waals surface area contributed by atoms with Crippen LogP contribution < -0.4 is 5.32 Å². The van der Waals surface area contributed by atoms with E-state index in [1.54, 1.807) is 0 Å². The molecule has 0 aromatic rings. The number of nitrogens with one attached hydrogen (secondary N) is 1. The lowest BCUT2D eigenvalue weighted by Crippen LogP contribution is -2.46. The smallest absolute Gasteiger partial charge is 0.0826 e. The van der Waals surface area contributed by atoms with E-state index in [2.05, 4.69) is 30.8 Å². The molecule has 3 nitrogen and oxygen atoms in total. The van der Waals surface area contributed by atoms with Crippen LogP contribution in [0.4, 0.5) is 0 Å². The van der Waals surface area contributed by atoms with Crippen molar-refractivity contribution in [2.45, 2.75) is 31.9 Å². The number of hydrogen-bond acceptors (Lipinski definition) is 3. The van der Waals surface area contributed by atoms with Crippen LogP contribution in [0.25, 0.3) is 0 Å². The van der Waals surface area contributed by atoms with E-state index in [1.807, 2.05) is 6.08 Å². The third-order valence-electron chi connectivity index (χ3n) is 2.84. The average molecular weight is 212 g/mol. The quantitative estimate of drug-likeness (QED) is 0.671. The molecule has 88 valence electrons. The Balaban J connectivity index is 2.10. The second kappa shape index (κ2) is 6.99. The molecule has 0 aliphatic carbocycles. The lowest BCUT2D eigenvalue weighted by Gasteiger charge is -2.31. The maximum Gasteiger partial charge on any atom is 0.0826 e. The first-order valence-electron chi connectivity index (χ1n) is 5.86. The molecule has 0 bridgehead atoms. The van der Waals surface area contributed by atoms with E-state index in [0.717, 1.165) is 39.1 Å². The van der Waals surface area contributed by atoms with Crippen molar-refractivity contribution in [1.82, 2.24) is 10.2 Å². The van der Waals surface area contributed by atoms with Crippen molar-refractivity contribution in [3.63, 3.8) is 0 Å². The number of likely N-dealkylation sites (N-methyl/N-ethyl adjacent to an activating group) is 1. The summed E-state index contributed by atoms with van der Waals surface area (Å²) >= 11 is 0. The molecule has 0 radical (unpaired) electrons. The third kappa shape index (κ3) is 5.30. The van der Waals surface area contributed by atoms with Gasteiger partial charge in [-0.1, -0.05) is 6.08 Å². The van der Waals surface area contributed by atoms with Crippen molar-refractivity contribution in [2.24, 2.45) is 0 Å². The lowest BCUT2D eigenvalue weighted by molar-refractivity contribution is -0.0191. The van der Waals surface area contributed by atoms with Gasteiger partial charge in [0.1, 0.15) is 0 Å². The molecule has 1 saturated heterocycles. The molecule has 1 aliphatic heterocycles. The summed E-state index contributed by atoms with van der Waals surface area (Å²) < 4.78 is 5.68. The number of rotatable bonds is 6. The van der Waals surface area contributed by atoms with Crippen LogP contribution in [0.15, 0.2) is 12.7 Å². The van der Waals surface area contributed by atoms with E-state index in [4.69, 9.17) is 4.74 Å². The fourth-order valence-electron chi connectivity index (χ4n) is 1.79. The van der Waals surface area contributed by atoms with Gasteiger partial charge in [-0.25, -0.2) is 0 Å². The van der Waals surface area contributed by atoms with Gasteiger partial charge in [-0.05, 0) is 26.8 Å². The maximum absolute atomic E-state index is 5.68. The van der Waals surface area contributed by atoms with E-state index in [1.165, 1.54) is 0 Å². The van der Waals surface area contributed by atoms with Gasteiger partial charge in [0.05, 0.1) is 12.7 Å². The molecule has 1 rings (SSSR count). The molecular weight excluding hydrogens is 188 g/mol. The number of allylic oxidation sites excluding steroid dienone is 1. The number of hydrogen-bond donors (Lipinski definition) is 1. The molecule has 0 aromatic heterocycles. The Kier molecular flexibility index (Phi) is 5.91. The molecule has 0 aromatic carbocycles. The summed E-state index contributed by atoms with van der Waals surface area (Å²) in [5.74, 6) is 0. The molecule has 2 atom stereocenters. The minimum absolute atomic E-state index is 0.356. The van der Waals surface area contributed by atoms with E-state index >= 15 is 0 Å². The van der Waals surface area contributed by atoms with E-state index in [9.17, 15) is 0 Å². The van der Waals surface area contributed by atoms with Crippen LogP contribution in [0.1, 0.15) is 19.8 Å². The molecule has 1 N–H and O–H groups in total. The Morgan fingerprint density at radius 1 is 1.67 bits per heavy atom. The molecule has 0 spiro atoms. The van der Waals surface area contributed by atoms with E-state index < -0.39 is 0 Å². The van der Waals surface area contributed by atoms with Crippen LogP contribution in [-0.2, 0) is 4.74 Å². The van der Waals surface area contributed by atoms with Gasteiger partial charge < -0.3 is 15.0 Å². The van der Waals surface area contributed by atoms with Crippen LogP contribution >= 0.6 is 0 Å². The molecule has 1 aliphatic rings. The average Bonchev–Trinajstić information content (AvgIpc) is 2.23. The molecular formula is C12H24N2O. The minimum Gasteiger partial charge on any atom is -0.374 e. The van der Waals surface area contributed by atoms with Crippen molar-refractivity contribution < 1.29 is 4.74 Å².